The van der Waals surface area contributed by atoms with Crippen molar-refractivity contribution in [2.45, 2.75) is 31.2 Å². The summed E-state index contributed by atoms with van der Waals surface area (Å²) < 4.78 is 27.6. The zero-order chi connectivity index (χ0) is 14.5. The van der Waals surface area contributed by atoms with Crippen molar-refractivity contribution in [2.75, 3.05) is 6.54 Å². The maximum atomic E-state index is 11.9. The predicted molar refractivity (Wildman–Crippen MR) is 70.3 cm³/mol. The molecule has 1 aromatic heterocycles. The Morgan fingerprint density at radius 2 is 2.26 bits per heavy atom. The van der Waals surface area contributed by atoms with Crippen LogP contribution in [0.5, 0.6) is 0 Å². The molecule has 0 bridgehead atoms. The lowest BCUT2D eigenvalue weighted by Gasteiger charge is -2.03. The third-order valence-corrected chi connectivity index (χ3v) is 3.96. The molecule has 0 fully saturated rings. The maximum absolute atomic E-state index is 11.9. The summed E-state index contributed by atoms with van der Waals surface area (Å²) in [6.45, 7) is 2.35. The van der Waals surface area contributed by atoms with E-state index < -0.39 is 16.0 Å². The van der Waals surface area contributed by atoms with Crippen molar-refractivity contribution in [3.63, 3.8) is 0 Å². The zero-order valence-electron chi connectivity index (χ0n) is 10.6. The molecule has 19 heavy (non-hydrogen) atoms. The van der Waals surface area contributed by atoms with Gasteiger partial charge in [0.1, 0.15) is 10.6 Å². The molecule has 0 saturated carbocycles. The van der Waals surface area contributed by atoms with Crippen molar-refractivity contribution in [2.24, 2.45) is 0 Å². The normalized spacial score (nSPS) is 11.2. The van der Waals surface area contributed by atoms with Gasteiger partial charge in [-0.3, -0.25) is 0 Å². The number of aryl methyl sites for hydroxylation is 1. The maximum Gasteiger partial charge on any atom is 0.352 e. The molecular weight excluding hydrogens is 268 g/mol. The Labute approximate surface area is 112 Å². The monoisotopic (exact) mass is 284 g/mol. The minimum absolute atomic E-state index is 0.0487. The van der Waals surface area contributed by atoms with Gasteiger partial charge in [0.2, 0.25) is 10.0 Å². The van der Waals surface area contributed by atoms with E-state index in [-0.39, 0.29) is 17.1 Å². The fraction of sp³-hybridized carbons (Fsp3) is 0.417. The van der Waals surface area contributed by atoms with Crippen LogP contribution < -0.4 is 4.72 Å². The van der Waals surface area contributed by atoms with Crippen molar-refractivity contribution >= 4 is 16.0 Å². The molecule has 0 atom stereocenters. The van der Waals surface area contributed by atoms with E-state index in [1.54, 1.807) is 6.92 Å². The molecule has 7 heteroatoms. The minimum atomic E-state index is -3.69. The van der Waals surface area contributed by atoms with Gasteiger partial charge in [-0.15, -0.1) is 12.3 Å². The lowest BCUT2D eigenvalue weighted by Crippen LogP contribution is -2.24. The predicted octanol–water partition coefficient (Wildman–Crippen LogP) is 0.898. The lowest BCUT2D eigenvalue weighted by molar-refractivity contribution is 0.0685. The van der Waals surface area contributed by atoms with Gasteiger partial charge >= 0.3 is 5.97 Å². The van der Waals surface area contributed by atoms with Gasteiger partial charge in [-0.25, -0.2) is 17.9 Å². The molecule has 1 rings (SSSR count). The number of carbonyl (C=O) groups is 1. The summed E-state index contributed by atoms with van der Waals surface area (Å²) in [5.41, 5.74) is -0.0495. The third kappa shape index (κ3) is 3.84. The van der Waals surface area contributed by atoms with Crippen LogP contribution in [0.15, 0.2) is 17.2 Å². The van der Waals surface area contributed by atoms with E-state index in [1.165, 1.54) is 10.8 Å². The van der Waals surface area contributed by atoms with E-state index in [0.717, 1.165) is 6.07 Å². The highest BCUT2D eigenvalue weighted by atomic mass is 32.2. The molecule has 0 aliphatic carbocycles. The summed E-state index contributed by atoms with van der Waals surface area (Å²) in [5.74, 6) is 1.26. The van der Waals surface area contributed by atoms with Gasteiger partial charge in [0.25, 0.3) is 0 Å². The lowest BCUT2D eigenvalue weighted by atomic mass is 10.3. The number of rotatable bonds is 7. The smallest absolute Gasteiger partial charge is 0.352 e. The number of aromatic carboxylic acids is 1. The SMILES string of the molecule is C#CCCCNS(=O)(=O)c1cc(C(=O)O)n(CC)c1. The highest BCUT2D eigenvalue weighted by Crippen LogP contribution is 2.14. The summed E-state index contributed by atoms with van der Waals surface area (Å²) in [5, 5.41) is 8.96. The number of unbranched alkanes of at least 4 members (excludes halogenated alkanes) is 1. The molecule has 0 aliphatic rings. The number of nitrogens with one attached hydrogen (secondary N) is 1. The van der Waals surface area contributed by atoms with Crippen LogP contribution in [0.4, 0.5) is 0 Å². The van der Waals surface area contributed by atoms with E-state index in [2.05, 4.69) is 10.6 Å². The first kappa shape index (κ1) is 15.3. The second kappa shape index (κ2) is 6.41. The van der Waals surface area contributed by atoms with Crippen LogP contribution in [0.25, 0.3) is 0 Å². The standard InChI is InChI=1S/C12H16N2O4S/c1-3-5-6-7-13-19(17,18)10-8-11(12(15)16)14(4-2)9-10/h1,8-9,13H,4-7H2,2H3,(H,15,16). The van der Waals surface area contributed by atoms with Crippen LogP contribution in [0.1, 0.15) is 30.3 Å². The molecule has 0 unspecified atom stereocenters. The molecule has 1 aromatic rings. The Kier molecular flexibility index (Phi) is 5.15. The largest absolute Gasteiger partial charge is 0.477 e. The first-order valence-electron chi connectivity index (χ1n) is 5.79. The molecular formula is C12H16N2O4S. The van der Waals surface area contributed by atoms with Gasteiger partial charge in [-0.1, -0.05) is 0 Å². The Morgan fingerprint density at radius 1 is 1.58 bits per heavy atom. The molecule has 1 heterocycles. The molecule has 0 aliphatic heterocycles. The highest BCUT2D eigenvalue weighted by Gasteiger charge is 2.20. The fourth-order valence-corrected chi connectivity index (χ4v) is 2.66. The van der Waals surface area contributed by atoms with Gasteiger partial charge < -0.3 is 9.67 Å². The van der Waals surface area contributed by atoms with Gasteiger partial charge in [0, 0.05) is 25.7 Å². The van der Waals surface area contributed by atoms with Crippen molar-refractivity contribution in [3.8, 4) is 12.3 Å². The molecule has 0 radical (unpaired) electrons. The van der Waals surface area contributed by atoms with Crippen LogP contribution in [-0.2, 0) is 16.6 Å². The van der Waals surface area contributed by atoms with Gasteiger partial charge in [-0.05, 0) is 19.4 Å². The number of carboxylic acid groups (broad SMARTS) is 1. The van der Waals surface area contributed by atoms with Crippen LogP contribution in [-0.4, -0.2) is 30.6 Å². The fourth-order valence-electron chi connectivity index (χ4n) is 1.55. The van der Waals surface area contributed by atoms with Crippen molar-refractivity contribution < 1.29 is 18.3 Å². The minimum Gasteiger partial charge on any atom is -0.477 e. The topological polar surface area (TPSA) is 88.4 Å². The Bertz CT molecular complexity index is 596. The summed E-state index contributed by atoms with van der Waals surface area (Å²) in [7, 11) is -3.69. The second-order valence-electron chi connectivity index (χ2n) is 3.86. The average molecular weight is 284 g/mol. The van der Waals surface area contributed by atoms with Crippen LogP contribution in [0, 0.1) is 12.3 Å². The van der Waals surface area contributed by atoms with Gasteiger partial charge in [0.15, 0.2) is 0 Å². The average Bonchev–Trinajstić information content (AvgIpc) is 2.79. The second-order valence-corrected chi connectivity index (χ2v) is 5.62. The van der Waals surface area contributed by atoms with E-state index in [1.807, 2.05) is 0 Å². The Balaban J connectivity index is 2.90. The van der Waals surface area contributed by atoms with E-state index in [9.17, 15) is 13.2 Å². The van der Waals surface area contributed by atoms with Crippen LogP contribution in [0.2, 0.25) is 0 Å². The summed E-state index contributed by atoms with van der Waals surface area (Å²) in [6, 6.07) is 1.15. The molecule has 0 aromatic carbocycles. The number of hydrogen-bond acceptors (Lipinski definition) is 3. The number of carboxylic acids is 1. The van der Waals surface area contributed by atoms with Crippen molar-refractivity contribution in [1.82, 2.24) is 9.29 Å². The summed E-state index contributed by atoms with van der Waals surface area (Å²) >= 11 is 0. The van der Waals surface area contributed by atoms with Crippen LogP contribution in [0.3, 0.4) is 0 Å². The quantitative estimate of drug-likeness (QED) is 0.575. The number of terminal acetylenes is 1. The van der Waals surface area contributed by atoms with E-state index >= 15 is 0 Å². The van der Waals surface area contributed by atoms with E-state index in [0.29, 0.717) is 19.4 Å². The Hall–Kier alpha value is -1.78. The third-order valence-electron chi connectivity index (χ3n) is 2.53. The van der Waals surface area contributed by atoms with Crippen molar-refractivity contribution in [3.05, 3.63) is 18.0 Å². The first-order chi connectivity index (χ1) is 8.92. The number of nitrogens with zero attached hydrogens (tertiary/aromatic N) is 1. The highest BCUT2D eigenvalue weighted by molar-refractivity contribution is 7.89. The Morgan fingerprint density at radius 3 is 2.74 bits per heavy atom. The number of hydrogen-bond donors (Lipinski definition) is 2. The number of aromatic nitrogens is 1. The molecule has 6 nitrogen and oxygen atoms in total. The van der Waals surface area contributed by atoms with Crippen LogP contribution >= 0.6 is 0 Å². The van der Waals surface area contributed by atoms with E-state index in [4.69, 9.17) is 11.5 Å². The van der Waals surface area contributed by atoms with Crippen molar-refractivity contribution in [1.29, 1.82) is 0 Å². The summed E-state index contributed by atoms with van der Waals surface area (Å²) in [4.78, 5) is 10.9. The molecule has 0 amide bonds. The molecule has 0 spiro atoms. The zero-order valence-corrected chi connectivity index (χ0v) is 11.4. The summed E-state index contributed by atoms with van der Waals surface area (Å²) in [6.07, 6.45) is 7.40. The van der Waals surface area contributed by atoms with Gasteiger partial charge in [-0.2, -0.15) is 0 Å². The molecule has 0 saturated heterocycles. The molecule has 104 valence electrons. The number of sulfonamides is 1. The first-order valence-corrected chi connectivity index (χ1v) is 7.27. The molecule has 2 N–H and O–H groups in total. The van der Waals surface area contributed by atoms with Gasteiger partial charge in [0.05, 0.1) is 0 Å².